The molecule has 0 aliphatic carbocycles. The second-order valence-corrected chi connectivity index (χ2v) is 5.96. The van der Waals surface area contributed by atoms with Crippen molar-refractivity contribution in [1.29, 1.82) is 0 Å². The monoisotopic (exact) mass is 323 g/mol. The first kappa shape index (κ1) is 13.6. The Hall–Kier alpha value is -0.840. The predicted octanol–water partition coefficient (Wildman–Crippen LogP) is 4.44. The zero-order chi connectivity index (χ0) is 13.0. The van der Waals surface area contributed by atoms with Crippen LogP contribution in [0.5, 0.6) is 0 Å². The standard InChI is InChI=1S/C14H14BrNOS/c1-2-14(17)13-8-7-12(9-16-13)18-11-5-3-10(15)4-6-11/h3-9,14,17H,2H2,1H3. The largest absolute Gasteiger partial charge is 0.387 e. The van der Waals surface area contributed by atoms with E-state index in [-0.39, 0.29) is 0 Å². The molecule has 0 aliphatic heterocycles. The van der Waals surface area contributed by atoms with Crippen LogP contribution in [0.25, 0.3) is 0 Å². The zero-order valence-corrected chi connectivity index (χ0v) is 12.4. The van der Waals surface area contributed by atoms with Crippen molar-refractivity contribution in [2.75, 3.05) is 0 Å². The van der Waals surface area contributed by atoms with Crippen LogP contribution in [-0.2, 0) is 0 Å². The molecule has 0 saturated carbocycles. The van der Waals surface area contributed by atoms with Crippen molar-refractivity contribution in [3.8, 4) is 0 Å². The fourth-order valence-electron chi connectivity index (χ4n) is 1.50. The topological polar surface area (TPSA) is 33.1 Å². The first-order valence-corrected chi connectivity index (χ1v) is 7.37. The highest BCUT2D eigenvalue weighted by atomic mass is 79.9. The van der Waals surface area contributed by atoms with E-state index in [1.807, 2.05) is 31.2 Å². The van der Waals surface area contributed by atoms with E-state index < -0.39 is 6.10 Å². The highest BCUT2D eigenvalue weighted by molar-refractivity contribution is 9.10. The SMILES string of the molecule is CCC(O)c1ccc(Sc2ccc(Br)cc2)cn1. The van der Waals surface area contributed by atoms with Crippen LogP contribution in [0.15, 0.2) is 56.9 Å². The van der Waals surface area contributed by atoms with Gasteiger partial charge < -0.3 is 5.11 Å². The summed E-state index contributed by atoms with van der Waals surface area (Å²) in [6, 6.07) is 12.0. The van der Waals surface area contributed by atoms with E-state index in [0.29, 0.717) is 6.42 Å². The lowest BCUT2D eigenvalue weighted by molar-refractivity contribution is 0.169. The van der Waals surface area contributed by atoms with Crippen LogP contribution in [0.3, 0.4) is 0 Å². The predicted molar refractivity (Wildman–Crippen MR) is 77.8 cm³/mol. The average Bonchev–Trinajstić information content (AvgIpc) is 2.41. The third kappa shape index (κ3) is 3.57. The number of aliphatic hydroxyl groups is 1. The van der Waals surface area contributed by atoms with Crippen molar-refractivity contribution in [1.82, 2.24) is 4.98 Å². The van der Waals surface area contributed by atoms with E-state index in [1.54, 1.807) is 18.0 Å². The molecule has 0 aliphatic rings. The lowest BCUT2D eigenvalue weighted by atomic mass is 10.2. The van der Waals surface area contributed by atoms with E-state index in [4.69, 9.17) is 0 Å². The van der Waals surface area contributed by atoms with Gasteiger partial charge in [-0.25, -0.2) is 0 Å². The third-order valence-corrected chi connectivity index (χ3v) is 4.05. The van der Waals surface area contributed by atoms with Gasteiger partial charge in [0.15, 0.2) is 0 Å². The van der Waals surface area contributed by atoms with Gasteiger partial charge in [-0.05, 0) is 42.8 Å². The molecule has 0 radical (unpaired) electrons. The van der Waals surface area contributed by atoms with E-state index >= 15 is 0 Å². The smallest absolute Gasteiger partial charge is 0.0957 e. The molecule has 2 aromatic rings. The molecule has 2 nitrogen and oxygen atoms in total. The number of benzene rings is 1. The summed E-state index contributed by atoms with van der Waals surface area (Å²) < 4.78 is 1.08. The molecule has 1 aromatic heterocycles. The Morgan fingerprint density at radius 3 is 2.39 bits per heavy atom. The number of aromatic nitrogens is 1. The van der Waals surface area contributed by atoms with E-state index in [1.165, 1.54) is 4.90 Å². The lowest BCUT2D eigenvalue weighted by Gasteiger charge is -2.07. The molecule has 1 heterocycles. The van der Waals surface area contributed by atoms with Crippen molar-refractivity contribution >= 4 is 27.7 Å². The molecule has 2 rings (SSSR count). The summed E-state index contributed by atoms with van der Waals surface area (Å²) in [6.45, 7) is 1.94. The van der Waals surface area contributed by atoms with Gasteiger partial charge in [-0.3, -0.25) is 4.98 Å². The number of halogens is 1. The van der Waals surface area contributed by atoms with Gasteiger partial charge in [0.2, 0.25) is 0 Å². The maximum absolute atomic E-state index is 9.67. The number of pyridine rings is 1. The molecule has 0 spiro atoms. The summed E-state index contributed by atoms with van der Waals surface area (Å²) in [5.74, 6) is 0. The Morgan fingerprint density at radius 1 is 1.17 bits per heavy atom. The minimum absolute atomic E-state index is 0.461. The van der Waals surface area contributed by atoms with Crippen LogP contribution >= 0.6 is 27.7 Å². The average molecular weight is 324 g/mol. The Bertz CT molecular complexity index is 498. The Morgan fingerprint density at radius 2 is 1.83 bits per heavy atom. The van der Waals surface area contributed by atoms with Crippen LogP contribution in [0, 0.1) is 0 Å². The first-order valence-electron chi connectivity index (χ1n) is 5.76. The number of hydrogen-bond acceptors (Lipinski definition) is 3. The number of nitrogens with zero attached hydrogens (tertiary/aromatic N) is 1. The maximum atomic E-state index is 9.67. The van der Waals surface area contributed by atoms with Crippen LogP contribution in [0.4, 0.5) is 0 Å². The summed E-state index contributed by atoms with van der Waals surface area (Å²) >= 11 is 5.07. The molecule has 0 bridgehead atoms. The summed E-state index contributed by atoms with van der Waals surface area (Å²) in [5, 5.41) is 9.67. The second-order valence-electron chi connectivity index (χ2n) is 3.90. The minimum Gasteiger partial charge on any atom is -0.387 e. The zero-order valence-electron chi connectivity index (χ0n) is 10.0. The van der Waals surface area contributed by atoms with Gasteiger partial charge >= 0.3 is 0 Å². The van der Waals surface area contributed by atoms with Crippen LogP contribution in [0.2, 0.25) is 0 Å². The molecule has 18 heavy (non-hydrogen) atoms. The highest BCUT2D eigenvalue weighted by Gasteiger charge is 2.06. The number of rotatable bonds is 4. The first-order chi connectivity index (χ1) is 8.69. The summed E-state index contributed by atoms with van der Waals surface area (Å²) in [7, 11) is 0. The lowest BCUT2D eigenvalue weighted by Crippen LogP contribution is -1.97. The number of aliphatic hydroxyl groups excluding tert-OH is 1. The van der Waals surface area contributed by atoms with Crippen LogP contribution < -0.4 is 0 Å². The summed E-state index contributed by atoms with van der Waals surface area (Å²) in [6.07, 6.45) is 2.03. The third-order valence-electron chi connectivity index (χ3n) is 2.54. The van der Waals surface area contributed by atoms with Crippen molar-refractivity contribution in [3.05, 3.63) is 52.8 Å². The van der Waals surface area contributed by atoms with Gasteiger partial charge in [0.25, 0.3) is 0 Å². The summed E-state index contributed by atoms with van der Waals surface area (Å²) in [4.78, 5) is 6.53. The Labute approximate surface area is 120 Å². The van der Waals surface area contributed by atoms with Crippen LogP contribution in [0.1, 0.15) is 25.1 Å². The molecule has 1 aromatic carbocycles. The van der Waals surface area contributed by atoms with Crippen molar-refractivity contribution in [3.63, 3.8) is 0 Å². The van der Waals surface area contributed by atoms with Gasteiger partial charge in [-0.1, -0.05) is 34.6 Å². The maximum Gasteiger partial charge on any atom is 0.0957 e. The fourth-order valence-corrected chi connectivity index (χ4v) is 2.55. The van der Waals surface area contributed by atoms with Crippen molar-refractivity contribution in [2.45, 2.75) is 29.2 Å². The normalized spacial score (nSPS) is 12.4. The van der Waals surface area contributed by atoms with Crippen molar-refractivity contribution < 1.29 is 5.11 Å². The summed E-state index contributed by atoms with van der Waals surface area (Å²) in [5.41, 5.74) is 0.734. The molecule has 94 valence electrons. The molecular formula is C14H14BrNOS. The molecular weight excluding hydrogens is 310 g/mol. The molecule has 4 heteroatoms. The molecule has 0 amide bonds. The fraction of sp³-hybridized carbons (Fsp3) is 0.214. The highest BCUT2D eigenvalue weighted by Crippen LogP contribution is 2.28. The van der Waals surface area contributed by atoms with Crippen LogP contribution in [-0.4, -0.2) is 10.1 Å². The van der Waals surface area contributed by atoms with Gasteiger partial charge in [0.05, 0.1) is 11.8 Å². The molecule has 0 fully saturated rings. The van der Waals surface area contributed by atoms with E-state index in [0.717, 1.165) is 15.1 Å². The van der Waals surface area contributed by atoms with Gasteiger partial charge in [-0.2, -0.15) is 0 Å². The van der Waals surface area contributed by atoms with Gasteiger partial charge in [-0.15, -0.1) is 0 Å². The molecule has 1 atom stereocenters. The van der Waals surface area contributed by atoms with E-state index in [2.05, 4.69) is 33.0 Å². The Kier molecular flexibility index (Phi) is 4.80. The molecule has 1 unspecified atom stereocenters. The van der Waals surface area contributed by atoms with Crippen molar-refractivity contribution in [2.24, 2.45) is 0 Å². The van der Waals surface area contributed by atoms with Gasteiger partial charge in [0, 0.05) is 20.5 Å². The quantitative estimate of drug-likeness (QED) is 0.903. The second kappa shape index (κ2) is 6.36. The molecule has 0 saturated heterocycles. The Balaban J connectivity index is 2.08. The van der Waals surface area contributed by atoms with E-state index in [9.17, 15) is 5.11 Å². The van der Waals surface area contributed by atoms with Gasteiger partial charge in [0.1, 0.15) is 0 Å². The minimum atomic E-state index is -0.461. The number of hydrogen-bond donors (Lipinski definition) is 1. The molecule has 1 N–H and O–H groups in total.